The van der Waals surface area contributed by atoms with E-state index < -0.39 is 26.1 Å². The van der Waals surface area contributed by atoms with Crippen molar-refractivity contribution in [2.24, 2.45) is 0 Å². The molecule has 0 aromatic heterocycles. The minimum atomic E-state index is -5.43. The van der Waals surface area contributed by atoms with E-state index in [1.54, 1.807) is 0 Å². The first-order valence-electron chi connectivity index (χ1n) is 6.83. The van der Waals surface area contributed by atoms with Crippen LogP contribution in [0.15, 0.2) is 29.2 Å². The zero-order chi connectivity index (χ0) is 18.4. The van der Waals surface area contributed by atoms with E-state index in [-0.39, 0.29) is 31.9 Å². The van der Waals surface area contributed by atoms with Gasteiger partial charge in [0, 0.05) is 32.9 Å². The maximum absolute atomic E-state index is 12.5. The minimum absolute atomic E-state index is 0.0725. The smallest absolute Gasteiger partial charge is 0.383 e. The van der Waals surface area contributed by atoms with Gasteiger partial charge < -0.3 is 14.4 Å². The highest BCUT2D eigenvalue weighted by atomic mass is 32.2. The molecule has 0 spiro atoms. The third kappa shape index (κ3) is 4.92. The van der Waals surface area contributed by atoms with Crippen LogP contribution >= 0.6 is 0 Å². The summed E-state index contributed by atoms with van der Waals surface area (Å²) in [6.45, 7) is 1.08. The highest BCUT2D eigenvalue weighted by Crippen LogP contribution is 2.30. The van der Waals surface area contributed by atoms with Crippen molar-refractivity contribution < 1.29 is 35.9 Å². The predicted octanol–water partition coefficient (Wildman–Crippen LogP) is 1.72. The number of halogens is 3. The fourth-order valence-corrected chi connectivity index (χ4v) is 2.57. The molecule has 0 atom stereocenters. The number of carbonyl (C=O) groups is 1. The molecule has 0 fully saturated rings. The normalized spacial score (nSPS) is 12.2. The number of hydrogen-bond donors (Lipinski definition) is 0. The van der Waals surface area contributed by atoms with Crippen molar-refractivity contribution >= 4 is 15.7 Å². The number of sulfone groups is 1. The highest BCUT2D eigenvalue weighted by Gasteiger charge is 2.46. The fraction of sp³-hybridized carbons (Fsp3) is 0.500. The van der Waals surface area contributed by atoms with E-state index >= 15 is 0 Å². The molecule has 0 radical (unpaired) electrons. The third-order valence-corrected chi connectivity index (χ3v) is 4.64. The fourth-order valence-electron chi connectivity index (χ4n) is 1.81. The predicted molar refractivity (Wildman–Crippen MR) is 79.3 cm³/mol. The second-order valence-electron chi connectivity index (χ2n) is 4.75. The van der Waals surface area contributed by atoms with Crippen LogP contribution in [0.3, 0.4) is 0 Å². The van der Waals surface area contributed by atoms with Gasteiger partial charge in [-0.2, -0.15) is 13.2 Å². The van der Waals surface area contributed by atoms with E-state index in [4.69, 9.17) is 9.47 Å². The molecule has 1 aromatic rings. The summed E-state index contributed by atoms with van der Waals surface area (Å²) in [7, 11) is -2.50. The van der Waals surface area contributed by atoms with Crippen molar-refractivity contribution in [2.75, 3.05) is 40.5 Å². The molecule has 0 saturated heterocycles. The molecule has 0 aliphatic rings. The summed E-state index contributed by atoms with van der Waals surface area (Å²) in [4.78, 5) is 12.9. The van der Waals surface area contributed by atoms with Crippen molar-refractivity contribution in [2.45, 2.75) is 10.4 Å². The van der Waals surface area contributed by atoms with Crippen molar-refractivity contribution in [1.82, 2.24) is 4.90 Å². The molecule has 0 bridgehead atoms. The molecule has 24 heavy (non-hydrogen) atoms. The van der Waals surface area contributed by atoms with Crippen LogP contribution in [0, 0.1) is 0 Å². The van der Waals surface area contributed by atoms with Gasteiger partial charge >= 0.3 is 5.51 Å². The second-order valence-corrected chi connectivity index (χ2v) is 6.69. The van der Waals surface area contributed by atoms with Gasteiger partial charge in [0.2, 0.25) is 0 Å². The maximum atomic E-state index is 12.5. The Kier molecular flexibility index (Phi) is 7.18. The van der Waals surface area contributed by atoms with Crippen LogP contribution in [-0.2, 0) is 19.3 Å². The summed E-state index contributed by atoms with van der Waals surface area (Å²) in [5.74, 6) is -0.458. The number of nitrogens with zero attached hydrogens (tertiary/aromatic N) is 1. The quantitative estimate of drug-likeness (QED) is 0.698. The molecule has 1 aromatic carbocycles. The number of ether oxygens (including phenoxy) is 2. The molecule has 0 unspecified atom stereocenters. The average molecular weight is 369 g/mol. The number of alkyl halides is 3. The Hall–Kier alpha value is -1.65. The number of carbonyl (C=O) groups excluding carboxylic acids is 1. The lowest BCUT2D eigenvalue weighted by molar-refractivity contribution is -0.0436. The van der Waals surface area contributed by atoms with Crippen molar-refractivity contribution in [1.29, 1.82) is 0 Å². The van der Waals surface area contributed by atoms with E-state index in [9.17, 15) is 26.4 Å². The zero-order valence-electron chi connectivity index (χ0n) is 13.2. The van der Waals surface area contributed by atoms with Crippen molar-refractivity contribution in [3.63, 3.8) is 0 Å². The molecule has 1 rings (SSSR count). The van der Waals surface area contributed by atoms with E-state index in [1.165, 1.54) is 19.1 Å². The Morgan fingerprint density at radius 1 is 1.04 bits per heavy atom. The summed E-state index contributed by atoms with van der Waals surface area (Å²) < 4.78 is 69.9. The monoisotopic (exact) mass is 369 g/mol. The number of rotatable bonds is 8. The van der Waals surface area contributed by atoms with Gasteiger partial charge in [0.25, 0.3) is 15.7 Å². The molecular formula is C14H18F3NO5S. The van der Waals surface area contributed by atoms with E-state index in [1.807, 2.05) is 0 Å². The lowest BCUT2D eigenvalue weighted by atomic mass is 10.2. The number of amides is 1. The summed E-state index contributed by atoms with van der Waals surface area (Å²) in [6.07, 6.45) is 0. The Bertz CT molecular complexity index is 635. The Morgan fingerprint density at radius 3 is 1.88 bits per heavy atom. The first-order valence-corrected chi connectivity index (χ1v) is 8.32. The lowest BCUT2D eigenvalue weighted by Crippen LogP contribution is -2.36. The van der Waals surface area contributed by atoms with Crippen LogP contribution in [0.2, 0.25) is 0 Å². The minimum Gasteiger partial charge on any atom is -0.383 e. The van der Waals surface area contributed by atoms with Gasteiger partial charge in [-0.3, -0.25) is 4.79 Å². The van der Waals surface area contributed by atoms with Crippen LogP contribution in [0.25, 0.3) is 0 Å². The first kappa shape index (κ1) is 20.4. The summed E-state index contributed by atoms with van der Waals surface area (Å²) in [5, 5.41) is 0. The molecule has 0 heterocycles. The van der Waals surface area contributed by atoms with Gasteiger partial charge in [-0.15, -0.1) is 0 Å². The largest absolute Gasteiger partial charge is 0.501 e. The highest BCUT2D eigenvalue weighted by molar-refractivity contribution is 7.92. The zero-order valence-corrected chi connectivity index (χ0v) is 14.0. The molecule has 0 aliphatic heterocycles. The molecule has 10 heteroatoms. The molecule has 0 N–H and O–H groups in total. The van der Waals surface area contributed by atoms with Crippen LogP contribution in [0.4, 0.5) is 13.2 Å². The Labute approximate surface area is 138 Å². The summed E-state index contributed by atoms with van der Waals surface area (Å²) in [5.41, 5.74) is -5.31. The van der Waals surface area contributed by atoms with Gasteiger partial charge in [0.1, 0.15) is 0 Å². The molecule has 0 saturated carbocycles. The second kappa shape index (κ2) is 8.45. The van der Waals surface area contributed by atoms with Gasteiger partial charge in [-0.05, 0) is 24.3 Å². The van der Waals surface area contributed by atoms with Gasteiger partial charge in [0.05, 0.1) is 18.1 Å². The Balaban J connectivity index is 2.99. The SMILES string of the molecule is COCCN(CCOC)C(=O)c1ccc(S(=O)(=O)C(F)(F)F)cc1. The van der Waals surface area contributed by atoms with Crippen LogP contribution in [-0.4, -0.2) is 65.3 Å². The molecule has 6 nitrogen and oxygen atoms in total. The van der Waals surface area contributed by atoms with Gasteiger partial charge in [0.15, 0.2) is 0 Å². The van der Waals surface area contributed by atoms with Crippen LogP contribution in [0.1, 0.15) is 10.4 Å². The van der Waals surface area contributed by atoms with E-state index in [2.05, 4.69) is 0 Å². The van der Waals surface area contributed by atoms with Crippen molar-refractivity contribution in [3.8, 4) is 0 Å². The molecular weight excluding hydrogens is 351 g/mol. The third-order valence-electron chi connectivity index (χ3n) is 3.13. The molecule has 0 aliphatic carbocycles. The van der Waals surface area contributed by atoms with E-state index in [0.717, 1.165) is 24.3 Å². The van der Waals surface area contributed by atoms with E-state index in [0.29, 0.717) is 0 Å². The average Bonchev–Trinajstić information content (AvgIpc) is 2.53. The Morgan fingerprint density at radius 2 is 1.50 bits per heavy atom. The topological polar surface area (TPSA) is 72.9 Å². The van der Waals surface area contributed by atoms with Gasteiger partial charge in [-0.25, -0.2) is 8.42 Å². The first-order chi connectivity index (χ1) is 11.1. The number of methoxy groups -OCH3 is 2. The number of benzene rings is 1. The maximum Gasteiger partial charge on any atom is 0.501 e. The number of hydrogen-bond acceptors (Lipinski definition) is 5. The van der Waals surface area contributed by atoms with Crippen LogP contribution in [0.5, 0.6) is 0 Å². The summed E-state index contributed by atoms with van der Waals surface area (Å²) in [6, 6.07) is 3.63. The van der Waals surface area contributed by atoms with Crippen molar-refractivity contribution in [3.05, 3.63) is 29.8 Å². The summed E-state index contributed by atoms with van der Waals surface area (Å²) >= 11 is 0. The molecule has 136 valence electrons. The van der Waals surface area contributed by atoms with Gasteiger partial charge in [-0.1, -0.05) is 0 Å². The van der Waals surface area contributed by atoms with Crippen LogP contribution < -0.4 is 0 Å². The standard InChI is InChI=1S/C14H18F3NO5S/c1-22-9-7-18(8-10-23-2)13(19)11-3-5-12(6-4-11)24(20,21)14(15,16)17/h3-6H,7-10H2,1-2H3. The molecule has 1 amide bonds. The lowest BCUT2D eigenvalue weighted by Gasteiger charge is -2.22.